The molecule has 1 aromatic carbocycles. The van der Waals surface area contributed by atoms with Gasteiger partial charge in [0.15, 0.2) is 5.82 Å². The normalized spacial score (nSPS) is 18.6. The van der Waals surface area contributed by atoms with E-state index in [4.69, 9.17) is 4.74 Å². The van der Waals surface area contributed by atoms with Crippen LogP contribution in [0.25, 0.3) is 11.0 Å². The summed E-state index contributed by atoms with van der Waals surface area (Å²) >= 11 is 0. The molecule has 3 aromatic rings. The van der Waals surface area contributed by atoms with Gasteiger partial charge in [-0.3, -0.25) is 4.90 Å². The van der Waals surface area contributed by atoms with Crippen molar-refractivity contribution in [3.63, 3.8) is 0 Å². The molecule has 4 heterocycles. The topological polar surface area (TPSA) is 84.6 Å². The van der Waals surface area contributed by atoms with Crippen LogP contribution in [0.3, 0.4) is 0 Å². The number of nitrogens with one attached hydrogen (secondary N) is 3. The second kappa shape index (κ2) is 9.44. The number of methoxy groups -OCH3 is 1. The molecule has 0 unspecified atom stereocenters. The van der Waals surface area contributed by atoms with Gasteiger partial charge in [-0.2, -0.15) is 4.98 Å². The zero-order valence-electron chi connectivity index (χ0n) is 19.8. The molecule has 5 rings (SSSR count). The summed E-state index contributed by atoms with van der Waals surface area (Å²) in [5.74, 6) is 2.08. The number of aromatic nitrogens is 3. The molecule has 2 aromatic heterocycles. The summed E-state index contributed by atoms with van der Waals surface area (Å²) in [6.45, 7) is 6.91. The third-order valence-corrected chi connectivity index (χ3v) is 6.96. The van der Waals surface area contributed by atoms with Crippen LogP contribution >= 0.6 is 0 Å². The van der Waals surface area contributed by atoms with E-state index >= 15 is 0 Å². The summed E-state index contributed by atoms with van der Waals surface area (Å²) < 4.78 is 5.73. The van der Waals surface area contributed by atoms with E-state index in [1.54, 1.807) is 7.11 Å². The van der Waals surface area contributed by atoms with Crippen LogP contribution < -0.4 is 20.3 Å². The highest BCUT2D eigenvalue weighted by Gasteiger charge is 2.27. The molecule has 0 amide bonds. The summed E-state index contributed by atoms with van der Waals surface area (Å²) in [4.78, 5) is 20.0. The first-order valence-corrected chi connectivity index (χ1v) is 11.8. The highest BCUT2D eigenvalue weighted by atomic mass is 16.5. The molecule has 176 valence electrons. The largest absolute Gasteiger partial charge is 0.494 e. The van der Waals surface area contributed by atoms with Gasteiger partial charge < -0.3 is 30.2 Å². The second-order valence-corrected chi connectivity index (χ2v) is 8.95. The van der Waals surface area contributed by atoms with Crippen molar-refractivity contribution in [3.05, 3.63) is 30.5 Å². The molecule has 0 bridgehead atoms. The van der Waals surface area contributed by atoms with Gasteiger partial charge in [0.25, 0.3) is 0 Å². The van der Waals surface area contributed by atoms with Gasteiger partial charge in [0.1, 0.15) is 11.3 Å². The second-order valence-electron chi connectivity index (χ2n) is 8.95. The minimum absolute atomic E-state index is 0.533. The van der Waals surface area contributed by atoms with Gasteiger partial charge in [0.05, 0.1) is 18.3 Å². The number of ether oxygens (including phenoxy) is 1. The molecular formula is C24H34N8O. The fraction of sp³-hybridized carbons (Fsp3) is 0.500. The van der Waals surface area contributed by atoms with Crippen LogP contribution in [0.1, 0.15) is 12.8 Å². The first kappa shape index (κ1) is 21.8. The monoisotopic (exact) mass is 450 g/mol. The third-order valence-electron chi connectivity index (χ3n) is 6.96. The van der Waals surface area contributed by atoms with Gasteiger partial charge in [0, 0.05) is 70.3 Å². The lowest BCUT2D eigenvalue weighted by atomic mass is 10.0. The summed E-state index contributed by atoms with van der Waals surface area (Å²) in [7, 11) is 5.78. The Morgan fingerprint density at radius 2 is 1.82 bits per heavy atom. The average molecular weight is 451 g/mol. The quantitative estimate of drug-likeness (QED) is 0.529. The molecule has 0 spiro atoms. The van der Waals surface area contributed by atoms with Crippen molar-refractivity contribution in [2.45, 2.75) is 18.9 Å². The minimum atomic E-state index is 0.533. The standard InChI is InChI=1S/C24H34N8O/c1-25-23-22-20(6-9-26-22)28-24(29-23)27-19-5-4-18(16-21(19)33-3)31-10-7-17(8-11-31)32-14-12-30(2)13-15-32/h4-6,9,16-17,26H,7-8,10-15H2,1-3H3,(H2,25,27,28,29). The Morgan fingerprint density at radius 1 is 1.03 bits per heavy atom. The Morgan fingerprint density at radius 3 is 2.55 bits per heavy atom. The Bertz CT molecular complexity index is 1080. The molecule has 9 heteroatoms. The smallest absolute Gasteiger partial charge is 0.229 e. The molecule has 0 aliphatic carbocycles. The van der Waals surface area contributed by atoms with E-state index in [1.807, 2.05) is 19.3 Å². The Balaban J connectivity index is 1.27. The molecule has 2 fully saturated rings. The lowest BCUT2D eigenvalue weighted by Crippen LogP contribution is -2.52. The lowest BCUT2D eigenvalue weighted by molar-refractivity contribution is 0.0982. The predicted molar refractivity (Wildman–Crippen MR) is 134 cm³/mol. The maximum absolute atomic E-state index is 5.73. The molecular weight excluding hydrogens is 416 g/mol. The molecule has 2 aliphatic rings. The molecule has 3 N–H and O–H groups in total. The number of fused-ring (bicyclic) bond motifs is 1. The number of likely N-dealkylation sites (N-methyl/N-ethyl adjacent to an activating group) is 1. The Hall–Kier alpha value is -3.04. The van der Waals surface area contributed by atoms with Crippen LogP contribution in [0.15, 0.2) is 30.5 Å². The maximum atomic E-state index is 5.73. The van der Waals surface area contributed by atoms with Gasteiger partial charge in [0.2, 0.25) is 5.95 Å². The first-order chi connectivity index (χ1) is 16.1. The number of rotatable bonds is 6. The number of benzene rings is 1. The van der Waals surface area contributed by atoms with Crippen LogP contribution in [0.4, 0.5) is 23.1 Å². The van der Waals surface area contributed by atoms with Crippen LogP contribution in [-0.2, 0) is 0 Å². The zero-order valence-corrected chi connectivity index (χ0v) is 19.8. The number of piperidine rings is 1. The molecule has 33 heavy (non-hydrogen) atoms. The highest BCUT2D eigenvalue weighted by Crippen LogP contribution is 2.33. The Labute approximate surface area is 195 Å². The van der Waals surface area contributed by atoms with Crippen LogP contribution in [-0.4, -0.2) is 91.3 Å². The van der Waals surface area contributed by atoms with E-state index in [1.165, 1.54) is 44.7 Å². The molecule has 9 nitrogen and oxygen atoms in total. The van der Waals surface area contributed by atoms with Crippen molar-refractivity contribution in [3.8, 4) is 5.75 Å². The maximum Gasteiger partial charge on any atom is 0.229 e. The average Bonchev–Trinajstić information content (AvgIpc) is 3.33. The van der Waals surface area contributed by atoms with E-state index in [2.05, 4.69) is 65.5 Å². The number of piperazine rings is 1. The van der Waals surface area contributed by atoms with Crippen molar-refractivity contribution < 1.29 is 4.74 Å². The number of hydrogen-bond donors (Lipinski definition) is 3. The number of aromatic amines is 1. The number of anilines is 4. The molecule has 2 saturated heterocycles. The van der Waals surface area contributed by atoms with E-state index in [9.17, 15) is 0 Å². The third kappa shape index (κ3) is 4.56. The Kier molecular flexibility index (Phi) is 6.24. The molecule has 0 saturated carbocycles. The van der Waals surface area contributed by atoms with Gasteiger partial charge in [-0.05, 0) is 38.1 Å². The molecule has 0 radical (unpaired) electrons. The van der Waals surface area contributed by atoms with Crippen LogP contribution in [0.5, 0.6) is 5.75 Å². The van der Waals surface area contributed by atoms with Gasteiger partial charge in [-0.15, -0.1) is 0 Å². The fourth-order valence-corrected chi connectivity index (χ4v) is 4.96. The number of hydrogen-bond acceptors (Lipinski definition) is 8. The van der Waals surface area contributed by atoms with E-state index < -0.39 is 0 Å². The summed E-state index contributed by atoms with van der Waals surface area (Å²) in [6, 6.07) is 8.99. The van der Waals surface area contributed by atoms with Gasteiger partial charge >= 0.3 is 0 Å². The van der Waals surface area contributed by atoms with Crippen LogP contribution in [0.2, 0.25) is 0 Å². The summed E-state index contributed by atoms with van der Waals surface area (Å²) in [6.07, 6.45) is 4.29. The molecule has 0 atom stereocenters. The van der Waals surface area contributed by atoms with Gasteiger partial charge in [-0.1, -0.05) is 0 Å². The minimum Gasteiger partial charge on any atom is -0.494 e. The molecule has 2 aliphatic heterocycles. The van der Waals surface area contributed by atoms with Crippen LogP contribution in [0, 0.1) is 0 Å². The van der Waals surface area contributed by atoms with E-state index in [0.717, 1.165) is 41.4 Å². The van der Waals surface area contributed by atoms with E-state index in [0.29, 0.717) is 12.0 Å². The zero-order chi connectivity index (χ0) is 22.8. The van der Waals surface area contributed by atoms with Crippen molar-refractivity contribution in [1.29, 1.82) is 0 Å². The lowest BCUT2D eigenvalue weighted by Gasteiger charge is -2.42. The van der Waals surface area contributed by atoms with Crippen molar-refractivity contribution in [2.24, 2.45) is 0 Å². The number of nitrogens with zero attached hydrogens (tertiary/aromatic N) is 5. The number of H-pyrrole nitrogens is 1. The SMILES string of the molecule is CNc1nc(Nc2ccc(N3CCC(N4CCN(C)CC4)CC3)cc2OC)nc2cc[nH]c12. The van der Waals surface area contributed by atoms with E-state index in [-0.39, 0.29) is 0 Å². The summed E-state index contributed by atoms with van der Waals surface area (Å²) in [5, 5.41) is 6.46. The fourth-order valence-electron chi connectivity index (χ4n) is 4.96. The van der Waals surface area contributed by atoms with Gasteiger partial charge in [-0.25, -0.2) is 4.98 Å². The van der Waals surface area contributed by atoms with Crippen molar-refractivity contribution >= 4 is 34.2 Å². The van der Waals surface area contributed by atoms with Crippen molar-refractivity contribution in [2.75, 3.05) is 76.0 Å². The summed E-state index contributed by atoms with van der Waals surface area (Å²) in [5.41, 5.74) is 3.80. The predicted octanol–water partition coefficient (Wildman–Crippen LogP) is 2.97. The first-order valence-electron chi connectivity index (χ1n) is 11.8. The highest BCUT2D eigenvalue weighted by molar-refractivity contribution is 5.87. The van der Waals surface area contributed by atoms with Crippen molar-refractivity contribution in [1.82, 2.24) is 24.8 Å².